The summed E-state index contributed by atoms with van der Waals surface area (Å²) in [6, 6.07) is 0.493. The number of likely N-dealkylation sites (N-methyl/N-ethyl adjacent to an activating group) is 1. The van der Waals surface area contributed by atoms with Crippen LogP contribution in [0, 0.1) is 5.92 Å². The molecule has 1 amide bonds. The SMILES string of the molecule is CC(CCN)CCC(=O)N(CCN(C)C)C1CCCC1. The van der Waals surface area contributed by atoms with Crippen LogP contribution in [0.15, 0.2) is 0 Å². The minimum absolute atomic E-state index is 0.350. The molecule has 0 heterocycles. The summed E-state index contributed by atoms with van der Waals surface area (Å²) in [4.78, 5) is 16.8. The Bertz CT molecular complexity index is 275. The molecule has 4 heteroatoms. The van der Waals surface area contributed by atoms with E-state index < -0.39 is 0 Å². The highest BCUT2D eigenvalue weighted by Crippen LogP contribution is 2.24. The highest BCUT2D eigenvalue weighted by Gasteiger charge is 2.26. The van der Waals surface area contributed by atoms with Crippen LogP contribution in [-0.4, -0.2) is 55.5 Å². The average molecular weight is 283 g/mol. The predicted molar refractivity (Wildman–Crippen MR) is 84.6 cm³/mol. The smallest absolute Gasteiger partial charge is 0.222 e. The lowest BCUT2D eigenvalue weighted by molar-refractivity contribution is -0.134. The number of nitrogens with zero attached hydrogens (tertiary/aromatic N) is 2. The van der Waals surface area contributed by atoms with Crippen molar-refractivity contribution in [3.05, 3.63) is 0 Å². The maximum atomic E-state index is 12.5. The van der Waals surface area contributed by atoms with E-state index in [0.717, 1.165) is 32.5 Å². The van der Waals surface area contributed by atoms with E-state index in [4.69, 9.17) is 5.73 Å². The fourth-order valence-electron chi connectivity index (χ4n) is 2.98. The molecule has 1 fully saturated rings. The number of carbonyl (C=O) groups excluding carboxylic acids is 1. The molecule has 0 radical (unpaired) electrons. The summed E-state index contributed by atoms with van der Waals surface area (Å²) in [7, 11) is 4.14. The van der Waals surface area contributed by atoms with Gasteiger partial charge in [0.25, 0.3) is 0 Å². The van der Waals surface area contributed by atoms with Crippen molar-refractivity contribution in [2.24, 2.45) is 11.7 Å². The van der Waals surface area contributed by atoms with Crippen LogP contribution in [0.1, 0.15) is 51.9 Å². The van der Waals surface area contributed by atoms with Crippen molar-refractivity contribution in [1.82, 2.24) is 9.80 Å². The zero-order valence-electron chi connectivity index (χ0n) is 13.6. The number of carbonyl (C=O) groups is 1. The number of amides is 1. The van der Waals surface area contributed by atoms with Gasteiger partial charge in [0.1, 0.15) is 0 Å². The largest absolute Gasteiger partial charge is 0.338 e. The summed E-state index contributed by atoms with van der Waals surface area (Å²) in [5.74, 6) is 0.908. The molecule has 0 spiro atoms. The van der Waals surface area contributed by atoms with E-state index in [1.54, 1.807) is 0 Å². The quantitative estimate of drug-likeness (QED) is 0.705. The third-order valence-corrected chi connectivity index (χ3v) is 4.38. The molecule has 1 saturated carbocycles. The summed E-state index contributed by atoms with van der Waals surface area (Å²) < 4.78 is 0. The minimum Gasteiger partial charge on any atom is -0.338 e. The van der Waals surface area contributed by atoms with Gasteiger partial charge >= 0.3 is 0 Å². The summed E-state index contributed by atoms with van der Waals surface area (Å²) >= 11 is 0. The number of hydrogen-bond acceptors (Lipinski definition) is 3. The molecular formula is C16H33N3O. The fraction of sp³-hybridized carbons (Fsp3) is 0.938. The monoisotopic (exact) mass is 283 g/mol. The maximum Gasteiger partial charge on any atom is 0.222 e. The molecule has 0 aromatic rings. The van der Waals surface area contributed by atoms with Crippen LogP contribution in [0.4, 0.5) is 0 Å². The topological polar surface area (TPSA) is 49.6 Å². The van der Waals surface area contributed by atoms with Crippen molar-refractivity contribution in [2.45, 2.75) is 57.9 Å². The lowest BCUT2D eigenvalue weighted by Crippen LogP contribution is -2.42. The van der Waals surface area contributed by atoms with Crippen molar-refractivity contribution in [3.8, 4) is 0 Å². The van der Waals surface area contributed by atoms with Gasteiger partial charge < -0.3 is 15.5 Å². The van der Waals surface area contributed by atoms with E-state index in [0.29, 0.717) is 24.3 Å². The van der Waals surface area contributed by atoms with Crippen LogP contribution in [0.3, 0.4) is 0 Å². The molecule has 0 saturated heterocycles. The van der Waals surface area contributed by atoms with Gasteiger partial charge in [0, 0.05) is 25.6 Å². The van der Waals surface area contributed by atoms with Gasteiger partial charge in [-0.1, -0.05) is 19.8 Å². The Kier molecular flexibility index (Phi) is 8.15. The fourth-order valence-corrected chi connectivity index (χ4v) is 2.98. The van der Waals surface area contributed by atoms with E-state index in [1.807, 2.05) is 0 Å². The van der Waals surface area contributed by atoms with Gasteiger partial charge in [-0.3, -0.25) is 4.79 Å². The molecule has 0 aromatic carbocycles. The van der Waals surface area contributed by atoms with Crippen LogP contribution >= 0.6 is 0 Å². The van der Waals surface area contributed by atoms with Gasteiger partial charge in [0.2, 0.25) is 5.91 Å². The average Bonchev–Trinajstić information content (AvgIpc) is 2.90. The Morgan fingerprint density at radius 1 is 1.20 bits per heavy atom. The van der Waals surface area contributed by atoms with Crippen LogP contribution < -0.4 is 5.73 Å². The molecule has 0 aliphatic heterocycles. The number of nitrogens with two attached hydrogens (primary N) is 1. The number of rotatable bonds is 9. The second-order valence-electron chi connectivity index (χ2n) is 6.55. The molecule has 1 aliphatic rings. The zero-order chi connectivity index (χ0) is 15.0. The van der Waals surface area contributed by atoms with Gasteiger partial charge in [-0.15, -0.1) is 0 Å². The molecule has 0 bridgehead atoms. The molecule has 0 aromatic heterocycles. The van der Waals surface area contributed by atoms with E-state index in [-0.39, 0.29) is 0 Å². The summed E-state index contributed by atoms with van der Waals surface area (Å²) in [5.41, 5.74) is 5.58. The highest BCUT2D eigenvalue weighted by molar-refractivity contribution is 5.76. The van der Waals surface area contributed by atoms with Crippen LogP contribution in [0.25, 0.3) is 0 Å². The van der Waals surface area contributed by atoms with E-state index >= 15 is 0 Å². The van der Waals surface area contributed by atoms with Crippen molar-refractivity contribution in [2.75, 3.05) is 33.7 Å². The van der Waals surface area contributed by atoms with Gasteiger partial charge in [0.05, 0.1) is 0 Å². The van der Waals surface area contributed by atoms with Crippen molar-refractivity contribution >= 4 is 5.91 Å². The maximum absolute atomic E-state index is 12.5. The lowest BCUT2D eigenvalue weighted by atomic mass is 10.0. The molecule has 1 unspecified atom stereocenters. The first-order valence-corrected chi connectivity index (χ1v) is 8.18. The normalized spacial score (nSPS) is 17.6. The Morgan fingerprint density at radius 2 is 1.85 bits per heavy atom. The Labute approximate surface area is 124 Å². The van der Waals surface area contributed by atoms with Crippen LogP contribution in [0.2, 0.25) is 0 Å². The third kappa shape index (κ3) is 6.23. The molecule has 2 N–H and O–H groups in total. The first-order chi connectivity index (χ1) is 9.54. The lowest BCUT2D eigenvalue weighted by Gasteiger charge is -2.30. The summed E-state index contributed by atoms with van der Waals surface area (Å²) in [6.07, 6.45) is 7.62. The molecular weight excluding hydrogens is 250 g/mol. The molecule has 1 atom stereocenters. The standard InChI is InChI=1S/C16H33N3O/c1-14(10-11-17)8-9-16(20)19(13-12-18(2)3)15-6-4-5-7-15/h14-15H,4-13,17H2,1-3H3. The first-order valence-electron chi connectivity index (χ1n) is 8.18. The molecule has 118 valence electrons. The van der Waals surface area contributed by atoms with Crippen molar-refractivity contribution in [1.29, 1.82) is 0 Å². The highest BCUT2D eigenvalue weighted by atomic mass is 16.2. The van der Waals surface area contributed by atoms with Crippen molar-refractivity contribution < 1.29 is 4.79 Å². The minimum atomic E-state index is 0.350. The van der Waals surface area contributed by atoms with Crippen LogP contribution in [0.5, 0.6) is 0 Å². The molecule has 4 nitrogen and oxygen atoms in total. The molecule has 1 aliphatic carbocycles. The third-order valence-electron chi connectivity index (χ3n) is 4.38. The molecule has 1 rings (SSSR count). The van der Waals surface area contributed by atoms with Gasteiger partial charge in [-0.05, 0) is 52.2 Å². The summed E-state index contributed by atoms with van der Waals surface area (Å²) in [5, 5.41) is 0. The van der Waals surface area contributed by atoms with Gasteiger partial charge in [0.15, 0.2) is 0 Å². The van der Waals surface area contributed by atoms with E-state index in [9.17, 15) is 4.79 Å². The van der Waals surface area contributed by atoms with E-state index in [2.05, 4.69) is 30.8 Å². The first kappa shape index (κ1) is 17.4. The zero-order valence-corrected chi connectivity index (χ0v) is 13.6. The van der Waals surface area contributed by atoms with Crippen molar-refractivity contribution in [3.63, 3.8) is 0 Å². The Hall–Kier alpha value is -0.610. The van der Waals surface area contributed by atoms with Gasteiger partial charge in [-0.25, -0.2) is 0 Å². The Balaban J connectivity index is 2.45. The van der Waals surface area contributed by atoms with Crippen LogP contribution in [-0.2, 0) is 4.79 Å². The van der Waals surface area contributed by atoms with E-state index in [1.165, 1.54) is 25.7 Å². The van der Waals surface area contributed by atoms with Gasteiger partial charge in [-0.2, -0.15) is 0 Å². The predicted octanol–water partition coefficient (Wildman–Crippen LogP) is 2.08. The summed E-state index contributed by atoms with van der Waals surface area (Å²) in [6.45, 7) is 4.75. The Morgan fingerprint density at radius 3 is 2.40 bits per heavy atom. The second-order valence-corrected chi connectivity index (χ2v) is 6.55. The second kappa shape index (κ2) is 9.35. The molecule has 20 heavy (non-hydrogen) atoms. The number of hydrogen-bond donors (Lipinski definition) is 1.